The first-order valence-corrected chi connectivity index (χ1v) is 14.0. The van der Waals surface area contributed by atoms with Gasteiger partial charge in [0.05, 0.1) is 12.2 Å². The number of benzene rings is 3. The van der Waals surface area contributed by atoms with Crippen LogP contribution in [0.2, 0.25) is 0 Å². The van der Waals surface area contributed by atoms with Crippen LogP contribution >= 0.6 is 0 Å². The average Bonchev–Trinajstić information content (AvgIpc) is 3.76. The normalized spacial score (nSPS) is 18.0. The summed E-state index contributed by atoms with van der Waals surface area (Å²) in [5.74, 6) is 0.261. The second-order valence-corrected chi connectivity index (χ2v) is 11.1. The van der Waals surface area contributed by atoms with Crippen LogP contribution < -0.4 is 0 Å². The van der Waals surface area contributed by atoms with Gasteiger partial charge in [-0.25, -0.2) is 0 Å². The first kappa shape index (κ1) is 26.1. The van der Waals surface area contributed by atoms with Crippen molar-refractivity contribution in [3.8, 4) is 0 Å². The number of halogens is 4. The van der Waals surface area contributed by atoms with Crippen molar-refractivity contribution in [3.63, 3.8) is 0 Å². The highest BCUT2D eigenvalue weighted by Crippen LogP contribution is 2.47. The smallest absolute Gasteiger partial charge is 0.295 e. The number of aryl methyl sites for hydroxylation is 1. The number of alkyl halides is 4. The van der Waals surface area contributed by atoms with Gasteiger partial charge in [0.1, 0.15) is 0 Å². The zero-order chi connectivity index (χ0) is 27.0. The molecule has 3 aromatic carbocycles. The van der Waals surface area contributed by atoms with E-state index >= 15 is 0 Å². The van der Waals surface area contributed by atoms with Crippen LogP contribution in [-0.2, 0) is 12.6 Å². The van der Waals surface area contributed by atoms with Gasteiger partial charge in [-0.2, -0.15) is 13.2 Å². The average molecular weight is 532 g/mol. The molecule has 1 saturated carbocycles. The Morgan fingerprint density at radius 3 is 2.36 bits per heavy atom. The summed E-state index contributed by atoms with van der Waals surface area (Å²) in [5, 5.41) is 0. The molecule has 0 unspecified atom stereocenters. The lowest BCUT2D eigenvalue weighted by Gasteiger charge is -2.33. The van der Waals surface area contributed by atoms with Crippen LogP contribution in [0.3, 0.4) is 0 Å². The Bertz CT molecular complexity index is 1400. The molecule has 3 aromatic rings. The summed E-state index contributed by atoms with van der Waals surface area (Å²) in [4.78, 5) is 2.23. The molecule has 1 saturated heterocycles. The van der Waals surface area contributed by atoms with Crippen molar-refractivity contribution >= 4 is 17.2 Å². The molecule has 0 N–H and O–H groups in total. The van der Waals surface area contributed by atoms with Crippen molar-refractivity contribution in [1.82, 2.24) is 4.90 Å². The first-order valence-electron chi connectivity index (χ1n) is 14.0. The van der Waals surface area contributed by atoms with E-state index in [1.54, 1.807) is 6.07 Å². The van der Waals surface area contributed by atoms with Crippen LogP contribution in [-0.4, -0.2) is 31.2 Å². The van der Waals surface area contributed by atoms with Gasteiger partial charge in [-0.05, 0) is 101 Å². The number of rotatable bonds is 7. The summed E-state index contributed by atoms with van der Waals surface area (Å²) in [6.45, 7) is 2.22. The number of hydrogen-bond donors (Lipinski definition) is 0. The summed E-state index contributed by atoms with van der Waals surface area (Å²) in [7, 11) is 0. The summed E-state index contributed by atoms with van der Waals surface area (Å²) < 4.78 is 55.8. The number of nitrogens with zero attached hydrogens (tertiary/aromatic N) is 1. The third-order valence-electron chi connectivity index (χ3n) is 8.22. The summed E-state index contributed by atoms with van der Waals surface area (Å²) >= 11 is 0. The van der Waals surface area contributed by atoms with Gasteiger partial charge in [-0.3, -0.25) is 9.29 Å². The molecule has 6 rings (SSSR count). The van der Waals surface area contributed by atoms with Gasteiger partial charge >= 0.3 is 6.18 Å². The van der Waals surface area contributed by atoms with Crippen LogP contribution in [0.15, 0.2) is 72.3 Å². The van der Waals surface area contributed by atoms with Crippen LogP contribution in [0.1, 0.15) is 77.0 Å². The first-order chi connectivity index (χ1) is 18.9. The molecular formula is C34H33F4N. The van der Waals surface area contributed by atoms with Crippen molar-refractivity contribution < 1.29 is 17.6 Å². The predicted octanol–water partition coefficient (Wildman–Crippen LogP) is 8.94. The summed E-state index contributed by atoms with van der Waals surface area (Å²) in [6, 6.07) is 21.4. The van der Waals surface area contributed by atoms with E-state index in [0.717, 1.165) is 78.7 Å². The number of allylic oxidation sites excluding steroid dienone is 1. The molecular weight excluding hydrogens is 498 g/mol. The lowest BCUT2D eigenvalue weighted by molar-refractivity contribution is -0.137. The molecule has 0 amide bonds. The predicted molar refractivity (Wildman–Crippen MR) is 150 cm³/mol. The second kappa shape index (κ2) is 10.8. The molecule has 0 bridgehead atoms. The highest BCUT2D eigenvalue weighted by atomic mass is 19.4. The quantitative estimate of drug-likeness (QED) is 0.275. The van der Waals surface area contributed by atoms with E-state index in [2.05, 4.69) is 47.4 Å². The van der Waals surface area contributed by atoms with E-state index < -0.39 is 11.7 Å². The lowest BCUT2D eigenvalue weighted by atomic mass is 9.85. The van der Waals surface area contributed by atoms with E-state index in [9.17, 15) is 17.6 Å². The zero-order valence-corrected chi connectivity index (χ0v) is 22.0. The Morgan fingerprint density at radius 2 is 1.64 bits per heavy atom. The van der Waals surface area contributed by atoms with Gasteiger partial charge in [-0.1, -0.05) is 66.7 Å². The van der Waals surface area contributed by atoms with Gasteiger partial charge in [0.2, 0.25) is 0 Å². The molecule has 5 heteroatoms. The SMILES string of the molecule is FCCCN1CC(=Cc2ccc(C3=C(c4ccc(C5CC5)cc4C(F)(F)F)CCCc4ccccc43)cc2)C1. The number of hydrogen-bond acceptors (Lipinski definition) is 1. The highest BCUT2D eigenvalue weighted by molar-refractivity contribution is 6.00. The Morgan fingerprint density at radius 1 is 0.872 bits per heavy atom. The number of fused-ring (bicyclic) bond motifs is 1. The highest BCUT2D eigenvalue weighted by Gasteiger charge is 2.37. The van der Waals surface area contributed by atoms with Gasteiger partial charge in [-0.15, -0.1) is 0 Å². The monoisotopic (exact) mass is 531 g/mol. The van der Waals surface area contributed by atoms with Crippen LogP contribution in [0.4, 0.5) is 17.6 Å². The molecule has 3 aliphatic rings. The fourth-order valence-electron chi connectivity index (χ4n) is 6.10. The Balaban J connectivity index is 1.41. The van der Waals surface area contributed by atoms with Gasteiger partial charge in [0.15, 0.2) is 0 Å². The topological polar surface area (TPSA) is 3.24 Å². The van der Waals surface area contributed by atoms with E-state index in [1.807, 2.05) is 18.2 Å². The fourth-order valence-corrected chi connectivity index (χ4v) is 6.10. The minimum absolute atomic E-state index is 0.261. The molecule has 0 radical (unpaired) electrons. The lowest BCUT2D eigenvalue weighted by Crippen LogP contribution is -2.40. The third-order valence-corrected chi connectivity index (χ3v) is 8.22. The maximum atomic E-state index is 14.5. The molecule has 0 atom stereocenters. The van der Waals surface area contributed by atoms with Crippen molar-refractivity contribution in [2.24, 2.45) is 0 Å². The van der Waals surface area contributed by atoms with Gasteiger partial charge in [0, 0.05) is 19.6 Å². The van der Waals surface area contributed by atoms with E-state index in [1.165, 1.54) is 17.2 Å². The van der Waals surface area contributed by atoms with Crippen molar-refractivity contribution in [3.05, 3.63) is 111 Å². The van der Waals surface area contributed by atoms with Crippen molar-refractivity contribution in [1.29, 1.82) is 0 Å². The molecule has 1 heterocycles. The second-order valence-electron chi connectivity index (χ2n) is 11.1. The van der Waals surface area contributed by atoms with E-state index in [0.29, 0.717) is 18.4 Å². The van der Waals surface area contributed by atoms with E-state index in [4.69, 9.17) is 0 Å². The standard InChI is InChI=1S/C34H33F4N/c35-17-4-18-39-21-24(22-39)19-23-9-11-27(12-10-23)33-29-7-2-1-5-26(29)6-3-8-31(33)30-16-15-28(25-13-14-25)20-32(30)34(36,37)38/h1-2,5,7,9-12,15-16,19-20,25H,3-4,6,8,13-14,17-18,21-22H2. The van der Waals surface area contributed by atoms with Crippen molar-refractivity contribution in [2.45, 2.75) is 50.6 Å². The maximum absolute atomic E-state index is 14.5. The van der Waals surface area contributed by atoms with E-state index in [-0.39, 0.29) is 12.6 Å². The van der Waals surface area contributed by atoms with Crippen molar-refractivity contribution in [2.75, 3.05) is 26.3 Å². The molecule has 1 nitrogen and oxygen atoms in total. The molecule has 0 spiro atoms. The molecule has 2 fully saturated rings. The third kappa shape index (κ3) is 5.60. The summed E-state index contributed by atoms with van der Waals surface area (Å²) in [5.41, 5.74) is 7.83. The maximum Gasteiger partial charge on any atom is 0.417 e. The Hall–Kier alpha value is -3.18. The van der Waals surface area contributed by atoms with Crippen LogP contribution in [0, 0.1) is 0 Å². The molecule has 2 aliphatic carbocycles. The Kier molecular flexibility index (Phi) is 7.20. The largest absolute Gasteiger partial charge is 0.417 e. The molecule has 202 valence electrons. The van der Waals surface area contributed by atoms with Gasteiger partial charge < -0.3 is 0 Å². The molecule has 0 aromatic heterocycles. The van der Waals surface area contributed by atoms with Crippen LogP contribution in [0.25, 0.3) is 17.2 Å². The molecule has 39 heavy (non-hydrogen) atoms. The minimum atomic E-state index is -4.42. The van der Waals surface area contributed by atoms with Crippen LogP contribution in [0.5, 0.6) is 0 Å². The zero-order valence-electron chi connectivity index (χ0n) is 22.0. The molecule has 1 aliphatic heterocycles. The summed E-state index contributed by atoms with van der Waals surface area (Å²) in [6.07, 6.45) is 2.50. The minimum Gasteiger partial charge on any atom is -0.295 e. The van der Waals surface area contributed by atoms with Gasteiger partial charge in [0.25, 0.3) is 0 Å². The Labute approximate surface area is 227 Å². The number of likely N-dealkylation sites (tertiary alicyclic amines) is 1. The fraction of sp³-hybridized carbons (Fsp3) is 0.353.